The maximum Gasteiger partial charge on any atom is 0.361 e. The van der Waals surface area contributed by atoms with Crippen LogP contribution in [0.5, 0.6) is 0 Å². The fraction of sp³-hybridized carbons (Fsp3) is 0.533. The number of rotatable bonds is 4. The van der Waals surface area contributed by atoms with Crippen LogP contribution in [0.2, 0.25) is 0 Å². The zero-order valence-corrected chi connectivity index (χ0v) is 11.9. The van der Waals surface area contributed by atoms with E-state index in [1.807, 2.05) is 0 Å². The van der Waals surface area contributed by atoms with Gasteiger partial charge in [0.05, 0.1) is 7.11 Å². The van der Waals surface area contributed by atoms with Crippen LogP contribution in [-0.4, -0.2) is 45.8 Å². The number of esters is 1. The molecule has 1 fully saturated rings. The molecule has 104 valence electrons. The molecule has 2 N–H and O–H groups in total. The minimum absolute atomic E-state index is 0.0997. The lowest BCUT2D eigenvalue weighted by molar-refractivity contribution is -1.02. The van der Waals surface area contributed by atoms with Gasteiger partial charge in [-0.05, 0) is 12.5 Å². The Hall–Kier alpha value is -1.39. The van der Waals surface area contributed by atoms with E-state index in [2.05, 4.69) is 31.2 Å². The lowest BCUT2D eigenvalue weighted by Crippen LogP contribution is -3.27. The van der Waals surface area contributed by atoms with E-state index < -0.39 is 0 Å². The summed E-state index contributed by atoms with van der Waals surface area (Å²) in [6, 6.07) is 8.59. The summed E-state index contributed by atoms with van der Waals surface area (Å²) in [5.41, 5.74) is 2.81. The summed E-state index contributed by atoms with van der Waals surface area (Å²) in [6.07, 6.45) is 0. The van der Waals surface area contributed by atoms with Crippen LogP contribution in [0, 0.1) is 6.92 Å². The zero-order valence-electron chi connectivity index (χ0n) is 11.9. The predicted octanol–water partition coefficient (Wildman–Crippen LogP) is -1.55. The number of carbonyl (C=O) groups excluding carboxylic acids is 1. The first-order chi connectivity index (χ1) is 9.19. The number of benzene rings is 1. The lowest BCUT2D eigenvalue weighted by atomic mass is 10.1. The van der Waals surface area contributed by atoms with E-state index in [0.717, 1.165) is 32.7 Å². The number of ether oxygens (including phenoxy) is 1. The first-order valence-corrected chi connectivity index (χ1v) is 6.97. The second kappa shape index (κ2) is 6.68. The second-order valence-electron chi connectivity index (χ2n) is 5.36. The Morgan fingerprint density at radius 2 is 1.79 bits per heavy atom. The lowest BCUT2D eigenvalue weighted by Gasteiger charge is -2.29. The number of quaternary nitrogens is 2. The molecule has 0 atom stereocenters. The highest BCUT2D eigenvalue weighted by molar-refractivity contribution is 5.70. The van der Waals surface area contributed by atoms with Gasteiger partial charge >= 0.3 is 5.97 Å². The van der Waals surface area contributed by atoms with E-state index in [0.29, 0.717) is 6.54 Å². The van der Waals surface area contributed by atoms with Crippen molar-refractivity contribution in [3.8, 4) is 0 Å². The summed E-state index contributed by atoms with van der Waals surface area (Å²) in [6.45, 7) is 8.13. The molecule has 1 aromatic carbocycles. The van der Waals surface area contributed by atoms with Gasteiger partial charge in [0.1, 0.15) is 32.7 Å². The molecule has 1 heterocycles. The maximum atomic E-state index is 11.2. The van der Waals surface area contributed by atoms with Crippen LogP contribution in [-0.2, 0) is 16.1 Å². The minimum Gasteiger partial charge on any atom is -0.465 e. The number of carbonyl (C=O) groups is 1. The number of hydrogen-bond acceptors (Lipinski definition) is 2. The molecule has 0 aromatic heterocycles. The number of nitrogens with one attached hydrogen (secondary N) is 2. The highest BCUT2D eigenvalue weighted by Gasteiger charge is 2.25. The number of piperazine rings is 1. The molecule has 1 saturated heterocycles. The quantitative estimate of drug-likeness (QED) is 0.646. The third-order valence-electron chi connectivity index (χ3n) is 3.99. The predicted molar refractivity (Wildman–Crippen MR) is 73.2 cm³/mol. The normalized spacial score (nSPS) is 23.1. The van der Waals surface area contributed by atoms with Gasteiger partial charge in [0.2, 0.25) is 0 Å². The zero-order chi connectivity index (χ0) is 13.7. The van der Waals surface area contributed by atoms with Gasteiger partial charge in [0, 0.05) is 5.56 Å². The van der Waals surface area contributed by atoms with Gasteiger partial charge in [-0.1, -0.05) is 24.3 Å². The monoisotopic (exact) mass is 264 g/mol. The van der Waals surface area contributed by atoms with Crippen molar-refractivity contribution >= 4 is 5.97 Å². The van der Waals surface area contributed by atoms with E-state index in [4.69, 9.17) is 4.74 Å². The smallest absolute Gasteiger partial charge is 0.361 e. The van der Waals surface area contributed by atoms with Gasteiger partial charge in [-0.15, -0.1) is 0 Å². The van der Waals surface area contributed by atoms with E-state index in [1.165, 1.54) is 23.1 Å². The maximum absolute atomic E-state index is 11.2. The Morgan fingerprint density at radius 1 is 1.16 bits per heavy atom. The van der Waals surface area contributed by atoms with E-state index >= 15 is 0 Å². The Labute approximate surface area is 115 Å². The highest BCUT2D eigenvalue weighted by Crippen LogP contribution is 2.04. The molecule has 1 aliphatic rings. The van der Waals surface area contributed by atoms with Crippen LogP contribution in [0.1, 0.15) is 11.1 Å². The topological polar surface area (TPSA) is 35.2 Å². The van der Waals surface area contributed by atoms with Crippen LogP contribution in [0.3, 0.4) is 0 Å². The van der Waals surface area contributed by atoms with Crippen molar-refractivity contribution in [1.82, 2.24) is 0 Å². The van der Waals surface area contributed by atoms with Crippen molar-refractivity contribution < 1.29 is 19.3 Å². The third-order valence-corrected chi connectivity index (χ3v) is 3.99. The van der Waals surface area contributed by atoms with Crippen LogP contribution in [0.25, 0.3) is 0 Å². The van der Waals surface area contributed by atoms with Gasteiger partial charge in [-0.2, -0.15) is 0 Å². The average Bonchev–Trinajstić information content (AvgIpc) is 2.43. The summed E-state index contributed by atoms with van der Waals surface area (Å²) in [7, 11) is 1.46. The summed E-state index contributed by atoms with van der Waals surface area (Å²) in [5.74, 6) is -0.0997. The standard InChI is InChI=1S/C15H22N2O2/c1-13-5-3-4-6-14(13)11-16-7-9-17(10-8-16)12-15(18)19-2/h3-6H,7-12H2,1-2H3/p+2. The van der Waals surface area contributed by atoms with E-state index in [9.17, 15) is 4.79 Å². The molecule has 0 unspecified atom stereocenters. The molecular formula is C15H24N2O2+2. The molecule has 0 aliphatic carbocycles. The first-order valence-electron chi connectivity index (χ1n) is 6.97. The first kappa shape index (κ1) is 14.0. The Bertz CT molecular complexity index is 426. The fourth-order valence-corrected chi connectivity index (χ4v) is 2.66. The van der Waals surface area contributed by atoms with Crippen molar-refractivity contribution in [3.05, 3.63) is 35.4 Å². The van der Waals surface area contributed by atoms with Gasteiger partial charge in [0.25, 0.3) is 0 Å². The molecule has 19 heavy (non-hydrogen) atoms. The summed E-state index contributed by atoms with van der Waals surface area (Å²) in [5, 5.41) is 0. The van der Waals surface area contributed by atoms with E-state index in [1.54, 1.807) is 4.90 Å². The molecule has 1 aliphatic heterocycles. The molecule has 0 radical (unpaired) electrons. The highest BCUT2D eigenvalue weighted by atomic mass is 16.5. The number of methoxy groups -OCH3 is 1. The molecule has 2 rings (SSSR count). The van der Waals surface area contributed by atoms with Crippen molar-refractivity contribution in [1.29, 1.82) is 0 Å². The van der Waals surface area contributed by atoms with E-state index in [-0.39, 0.29) is 5.97 Å². The third kappa shape index (κ3) is 4.04. The molecule has 0 saturated carbocycles. The Balaban J connectivity index is 1.81. The number of aryl methyl sites for hydroxylation is 1. The molecule has 0 bridgehead atoms. The Kier molecular flexibility index (Phi) is 4.93. The van der Waals surface area contributed by atoms with Crippen molar-refractivity contribution in [2.75, 3.05) is 39.8 Å². The Morgan fingerprint density at radius 3 is 2.42 bits per heavy atom. The largest absolute Gasteiger partial charge is 0.465 e. The van der Waals surface area contributed by atoms with Gasteiger partial charge < -0.3 is 14.5 Å². The summed E-state index contributed by atoms with van der Waals surface area (Å²) >= 11 is 0. The van der Waals surface area contributed by atoms with Crippen molar-refractivity contribution in [2.45, 2.75) is 13.5 Å². The van der Waals surface area contributed by atoms with Crippen LogP contribution < -0.4 is 9.80 Å². The molecule has 4 nitrogen and oxygen atoms in total. The molecular weight excluding hydrogens is 240 g/mol. The van der Waals surface area contributed by atoms with Crippen LogP contribution in [0.15, 0.2) is 24.3 Å². The molecule has 0 amide bonds. The average molecular weight is 264 g/mol. The van der Waals surface area contributed by atoms with Crippen molar-refractivity contribution in [3.63, 3.8) is 0 Å². The molecule has 0 spiro atoms. The summed E-state index contributed by atoms with van der Waals surface area (Å²) in [4.78, 5) is 14.2. The molecule has 4 heteroatoms. The second-order valence-corrected chi connectivity index (χ2v) is 5.36. The van der Waals surface area contributed by atoms with Gasteiger partial charge in [-0.25, -0.2) is 4.79 Å². The van der Waals surface area contributed by atoms with Gasteiger partial charge in [-0.3, -0.25) is 0 Å². The van der Waals surface area contributed by atoms with Gasteiger partial charge in [0.15, 0.2) is 6.54 Å². The summed E-state index contributed by atoms with van der Waals surface area (Å²) < 4.78 is 4.72. The number of hydrogen-bond donors (Lipinski definition) is 2. The minimum atomic E-state index is -0.0997. The fourth-order valence-electron chi connectivity index (χ4n) is 2.66. The van der Waals surface area contributed by atoms with Crippen LogP contribution in [0.4, 0.5) is 0 Å². The van der Waals surface area contributed by atoms with Crippen LogP contribution >= 0.6 is 0 Å². The van der Waals surface area contributed by atoms with Crippen molar-refractivity contribution in [2.24, 2.45) is 0 Å². The molecule has 1 aromatic rings. The SMILES string of the molecule is COC(=O)C[NH+]1CC[NH+](Cc2ccccc2C)CC1.